The van der Waals surface area contributed by atoms with Gasteiger partial charge in [-0.05, 0) is 37.1 Å². The molecule has 1 aromatic heterocycles. The van der Waals surface area contributed by atoms with Gasteiger partial charge in [-0.25, -0.2) is 0 Å². The molecular formula is C15H19NO. The summed E-state index contributed by atoms with van der Waals surface area (Å²) in [5.74, 6) is 0.247. The molecule has 0 fully saturated rings. The van der Waals surface area contributed by atoms with Crippen molar-refractivity contribution in [3.05, 3.63) is 35.5 Å². The molecule has 0 atom stereocenters. The molecular weight excluding hydrogens is 210 g/mol. The predicted molar refractivity (Wildman–Crippen MR) is 71.5 cm³/mol. The highest BCUT2D eigenvalue weighted by Gasteiger charge is 2.08. The zero-order chi connectivity index (χ0) is 12.4. The minimum atomic E-state index is 0.247. The fraction of sp³-hybridized carbons (Fsp3) is 0.400. The summed E-state index contributed by atoms with van der Waals surface area (Å²) in [6.45, 7) is 4.19. The van der Waals surface area contributed by atoms with Crippen molar-refractivity contribution in [1.29, 1.82) is 0 Å². The van der Waals surface area contributed by atoms with Crippen LogP contribution in [0, 0.1) is 0 Å². The summed E-state index contributed by atoms with van der Waals surface area (Å²) in [6, 6.07) is 8.20. The fourth-order valence-corrected chi connectivity index (χ4v) is 2.29. The minimum Gasteiger partial charge on any atom is -0.348 e. The Morgan fingerprint density at radius 3 is 2.65 bits per heavy atom. The second-order valence-corrected chi connectivity index (χ2v) is 4.50. The molecule has 0 saturated heterocycles. The summed E-state index contributed by atoms with van der Waals surface area (Å²) in [5.41, 5.74) is 3.35. The highest BCUT2D eigenvalue weighted by atomic mass is 16.1. The first-order valence-corrected chi connectivity index (χ1v) is 6.29. The Kier molecular flexibility index (Phi) is 3.32. The minimum absolute atomic E-state index is 0.247. The van der Waals surface area contributed by atoms with Crippen LogP contribution in [0.15, 0.2) is 24.3 Å². The second-order valence-electron chi connectivity index (χ2n) is 4.50. The van der Waals surface area contributed by atoms with Crippen molar-refractivity contribution in [2.45, 2.75) is 33.1 Å². The molecule has 2 aromatic rings. The molecule has 90 valence electrons. The summed E-state index contributed by atoms with van der Waals surface area (Å²) in [4.78, 5) is 11.8. The van der Waals surface area contributed by atoms with Gasteiger partial charge in [-0.15, -0.1) is 0 Å². The summed E-state index contributed by atoms with van der Waals surface area (Å²) < 4.78 is 2.20. The molecule has 2 heteroatoms. The Hall–Kier alpha value is -1.57. The average molecular weight is 229 g/mol. The lowest BCUT2D eigenvalue weighted by Crippen LogP contribution is -1.98. The molecule has 0 amide bonds. The van der Waals surface area contributed by atoms with E-state index in [2.05, 4.69) is 30.7 Å². The summed E-state index contributed by atoms with van der Waals surface area (Å²) >= 11 is 0. The number of aromatic nitrogens is 1. The lowest BCUT2D eigenvalue weighted by molar-refractivity contribution is 0.0982. The first-order valence-electron chi connectivity index (χ1n) is 6.29. The molecule has 2 rings (SSSR count). The van der Waals surface area contributed by atoms with Crippen molar-refractivity contribution < 1.29 is 4.79 Å². The van der Waals surface area contributed by atoms with Crippen LogP contribution in [0.25, 0.3) is 10.9 Å². The number of hydrogen-bond acceptors (Lipinski definition) is 1. The molecule has 17 heavy (non-hydrogen) atoms. The lowest BCUT2D eigenvalue weighted by atomic mass is 10.1. The van der Waals surface area contributed by atoms with Crippen LogP contribution >= 0.6 is 0 Å². The van der Waals surface area contributed by atoms with Crippen molar-refractivity contribution >= 4 is 16.7 Å². The normalized spacial score (nSPS) is 11.0. The quantitative estimate of drug-likeness (QED) is 0.732. The zero-order valence-electron chi connectivity index (χ0n) is 10.8. The molecule has 0 unspecified atom stereocenters. The van der Waals surface area contributed by atoms with Crippen molar-refractivity contribution in [1.82, 2.24) is 4.57 Å². The van der Waals surface area contributed by atoms with Crippen molar-refractivity contribution in [2.75, 3.05) is 0 Å². The van der Waals surface area contributed by atoms with Gasteiger partial charge in [-0.1, -0.05) is 13.8 Å². The number of ketones is 1. The van der Waals surface area contributed by atoms with E-state index in [1.165, 1.54) is 16.6 Å². The third-order valence-electron chi connectivity index (χ3n) is 3.30. The van der Waals surface area contributed by atoms with Gasteiger partial charge in [0.2, 0.25) is 0 Å². The van der Waals surface area contributed by atoms with Gasteiger partial charge in [0.15, 0.2) is 5.78 Å². The van der Waals surface area contributed by atoms with E-state index < -0.39 is 0 Å². The van der Waals surface area contributed by atoms with Crippen molar-refractivity contribution in [2.24, 2.45) is 7.05 Å². The summed E-state index contributed by atoms with van der Waals surface area (Å²) in [5, 5.41) is 1.17. The van der Waals surface area contributed by atoms with Gasteiger partial charge in [0.1, 0.15) is 0 Å². The Morgan fingerprint density at radius 1 is 1.24 bits per heavy atom. The lowest BCUT2D eigenvalue weighted by Gasteiger charge is -2.02. The highest BCUT2D eigenvalue weighted by molar-refractivity contribution is 5.99. The largest absolute Gasteiger partial charge is 0.348 e. The number of carbonyl (C=O) groups is 1. The smallest absolute Gasteiger partial charge is 0.162 e. The van der Waals surface area contributed by atoms with Gasteiger partial charge < -0.3 is 4.57 Å². The van der Waals surface area contributed by atoms with E-state index in [1.807, 2.05) is 19.1 Å². The fourth-order valence-electron chi connectivity index (χ4n) is 2.29. The average Bonchev–Trinajstić information content (AvgIpc) is 2.66. The van der Waals surface area contributed by atoms with Crippen LogP contribution < -0.4 is 0 Å². The van der Waals surface area contributed by atoms with Crippen LogP contribution in [0.4, 0.5) is 0 Å². The molecule has 0 spiro atoms. The molecule has 0 saturated carbocycles. The number of aryl methyl sites for hydroxylation is 2. The van der Waals surface area contributed by atoms with Gasteiger partial charge in [0, 0.05) is 35.6 Å². The molecule has 1 aromatic carbocycles. The molecule has 0 bridgehead atoms. The summed E-state index contributed by atoms with van der Waals surface area (Å²) in [7, 11) is 2.08. The Bertz CT molecular complexity index is 551. The second kappa shape index (κ2) is 4.74. The van der Waals surface area contributed by atoms with E-state index in [-0.39, 0.29) is 5.78 Å². The van der Waals surface area contributed by atoms with Gasteiger partial charge in [-0.2, -0.15) is 0 Å². The molecule has 1 heterocycles. The number of fused-ring (bicyclic) bond motifs is 1. The Morgan fingerprint density at radius 2 is 2.00 bits per heavy atom. The molecule has 0 aliphatic carbocycles. The standard InChI is InChI=1S/C15H19NO/c1-4-6-15(17)11-7-8-14-12(9-11)10-13(5-2)16(14)3/h7-10H,4-6H2,1-3H3. The van der Waals surface area contributed by atoms with Crippen LogP contribution in [0.3, 0.4) is 0 Å². The van der Waals surface area contributed by atoms with Crippen LogP contribution in [-0.2, 0) is 13.5 Å². The van der Waals surface area contributed by atoms with Gasteiger partial charge in [-0.3, -0.25) is 4.79 Å². The third-order valence-corrected chi connectivity index (χ3v) is 3.30. The van der Waals surface area contributed by atoms with E-state index in [0.717, 1.165) is 18.4 Å². The number of nitrogens with zero attached hydrogens (tertiary/aromatic N) is 1. The first-order chi connectivity index (χ1) is 8.17. The maximum atomic E-state index is 11.8. The van der Waals surface area contributed by atoms with Crippen LogP contribution in [0.5, 0.6) is 0 Å². The van der Waals surface area contributed by atoms with E-state index in [9.17, 15) is 4.79 Å². The Balaban J connectivity index is 2.47. The zero-order valence-corrected chi connectivity index (χ0v) is 10.8. The van der Waals surface area contributed by atoms with E-state index in [1.54, 1.807) is 0 Å². The van der Waals surface area contributed by atoms with E-state index >= 15 is 0 Å². The Labute approximate surface area is 102 Å². The topological polar surface area (TPSA) is 22.0 Å². The monoisotopic (exact) mass is 229 g/mol. The highest BCUT2D eigenvalue weighted by Crippen LogP contribution is 2.21. The molecule has 0 aliphatic rings. The first kappa shape index (κ1) is 11.9. The molecule has 0 N–H and O–H groups in total. The molecule has 0 radical (unpaired) electrons. The number of rotatable bonds is 4. The van der Waals surface area contributed by atoms with Crippen LogP contribution in [-0.4, -0.2) is 10.4 Å². The van der Waals surface area contributed by atoms with Gasteiger partial charge >= 0.3 is 0 Å². The number of carbonyl (C=O) groups excluding carboxylic acids is 1. The van der Waals surface area contributed by atoms with Crippen LogP contribution in [0.2, 0.25) is 0 Å². The number of benzene rings is 1. The molecule has 0 aliphatic heterocycles. The summed E-state index contributed by atoms with van der Waals surface area (Å²) in [6.07, 6.45) is 2.56. The predicted octanol–water partition coefficient (Wildman–Crippen LogP) is 3.72. The van der Waals surface area contributed by atoms with Gasteiger partial charge in [0.25, 0.3) is 0 Å². The maximum absolute atomic E-state index is 11.8. The molecule has 2 nitrogen and oxygen atoms in total. The van der Waals surface area contributed by atoms with Crippen molar-refractivity contribution in [3.8, 4) is 0 Å². The third kappa shape index (κ3) is 2.12. The van der Waals surface area contributed by atoms with Crippen LogP contribution in [0.1, 0.15) is 42.7 Å². The van der Waals surface area contributed by atoms with Crippen molar-refractivity contribution in [3.63, 3.8) is 0 Å². The SMILES string of the molecule is CCCC(=O)c1ccc2c(c1)cc(CC)n2C. The number of hydrogen-bond donors (Lipinski definition) is 0. The maximum Gasteiger partial charge on any atom is 0.162 e. The van der Waals surface area contributed by atoms with Gasteiger partial charge in [0.05, 0.1) is 0 Å². The van der Waals surface area contributed by atoms with E-state index in [0.29, 0.717) is 6.42 Å². The van der Waals surface area contributed by atoms with E-state index in [4.69, 9.17) is 0 Å². The number of Topliss-reactive ketones (excluding diaryl/α,β-unsaturated/α-hetero) is 1.